The molecular formula is C20H22ClN5O. The van der Waals surface area contributed by atoms with Gasteiger partial charge in [0, 0.05) is 43.4 Å². The van der Waals surface area contributed by atoms with Crippen molar-refractivity contribution < 1.29 is 4.74 Å². The largest absolute Gasteiger partial charge is 0.497 e. The number of ether oxygens (including phenoxy) is 1. The zero-order valence-electron chi connectivity index (χ0n) is 15.3. The van der Waals surface area contributed by atoms with E-state index in [2.05, 4.69) is 32.2 Å². The SMILES string of the molecule is COc1ccc(N2CCN(Cc3cn(-c4ccc(Cl)cc4)nn3)CC2)cc1. The first-order chi connectivity index (χ1) is 13.2. The first kappa shape index (κ1) is 17.8. The predicted molar refractivity (Wildman–Crippen MR) is 107 cm³/mol. The molecule has 1 saturated heterocycles. The van der Waals surface area contributed by atoms with Gasteiger partial charge in [0.25, 0.3) is 0 Å². The second kappa shape index (κ2) is 7.98. The molecule has 0 unspecified atom stereocenters. The van der Waals surface area contributed by atoms with Crippen molar-refractivity contribution in [2.24, 2.45) is 0 Å². The number of piperazine rings is 1. The van der Waals surface area contributed by atoms with Crippen LogP contribution in [0.25, 0.3) is 5.69 Å². The number of anilines is 1. The summed E-state index contributed by atoms with van der Waals surface area (Å²) in [6, 6.07) is 15.8. The Morgan fingerprint density at radius 2 is 1.59 bits per heavy atom. The third-order valence-corrected chi connectivity index (χ3v) is 5.08. The molecule has 6 nitrogen and oxygen atoms in total. The van der Waals surface area contributed by atoms with Gasteiger partial charge in [-0.05, 0) is 48.5 Å². The van der Waals surface area contributed by atoms with Gasteiger partial charge in [0.05, 0.1) is 24.7 Å². The quantitative estimate of drug-likeness (QED) is 0.676. The van der Waals surface area contributed by atoms with Crippen LogP contribution in [0.5, 0.6) is 5.75 Å². The lowest BCUT2D eigenvalue weighted by Gasteiger charge is -2.35. The van der Waals surface area contributed by atoms with Crippen molar-refractivity contribution in [1.29, 1.82) is 0 Å². The second-order valence-corrected chi connectivity index (χ2v) is 7.03. The summed E-state index contributed by atoms with van der Waals surface area (Å²) in [5.41, 5.74) is 3.18. The van der Waals surface area contributed by atoms with E-state index in [4.69, 9.17) is 16.3 Å². The predicted octanol–water partition coefficient (Wildman–Crippen LogP) is 3.25. The van der Waals surface area contributed by atoms with Crippen LogP contribution >= 0.6 is 11.6 Å². The molecule has 3 aromatic rings. The topological polar surface area (TPSA) is 46.4 Å². The molecule has 27 heavy (non-hydrogen) atoms. The Labute approximate surface area is 163 Å². The fraction of sp³-hybridized carbons (Fsp3) is 0.300. The molecule has 0 bridgehead atoms. The van der Waals surface area contributed by atoms with Crippen LogP contribution in [0.4, 0.5) is 5.69 Å². The summed E-state index contributed by atoms with van der Waals surface area (Å²) in [5.74, 6) is 0.890. The van der Waals surface area contributed by atoms with E-state index >= 15 is 0 Å². The summed E-state index contributed by atoms with van der Waals surface area (Å²) in [6.45, 7) is 4.80. The molecule has 4 rings (SSSR count). The monoisotopic (exact) mass is 383 g/mol. The van der Waals surface area contributed by atoms with E-state index in [0.29, 0.717) is 5.02 Å². The molecule has 140 valence electrons. The first-order valence-corrected chi connectivity index (χ1v) is 9.37. The summed E-state index contributed by atoms with van der Waals surface area (Å²) in [4.78, 5) is 4.82. The highest BCUT2D eigenvalue weighted by Gasteiger charge is 2.18. The van der Waals surface area contributed by atoms with Crippen LogP contribution in [-0.2, 0) is 6.54 Å². The van der Waals surface area contributed by atoms with Crippen molar-refractivity contribution in [3.05, 3.63) is 65.4 Å². The number of hydrogen-bond donors (Lipinski definition) is 0. The molecule has 1 aliphatic rings. The molecule has 0 radical (unpaired) electrons. The van der Waals surface area contributed by atoms with Gasteiger partial charge in [-0.1, -0.05) is 16.8 Å². The van der Waals surface area contributed by atoms with Crippen molar-refractivity contribution >= 4 is 17.3 Å². The van der Waals surface area contributed by atoms with Gasteiger partial charge in [-0.15, -0.1) is 5.10 Å². The number of aromatic nitrogens is 3. The zero-order chi connectivity index (χ0) is 18.6. The molecule has 7 heteroatoms. The Morgan fingerprint density at radius 1 is 0.926 bits per heavy atom. The summed E-state index contributed by atoms with van der Waals surface area (Å²) in [6.07, 6.45) is 1.99. The fourth-order valence-electron chi connectivity index (χ4n) is 3.28. The summed E-state index contributed by atoms with van der Waals surface area (Å²) in [5, 5.41) is 9.27. The maximum atomic E-state index is 5.94. The van der Waals surface area contributed by atoms with Crippen molar-refractivity contribution in [1.82, 2.24) is 19.9 Å². The molecule has 0 aliphatic carbocycles. The number of nitrogens with zero attached hydrogens (tertiary/aromatic N) is 5. The van der Waals surface area contributed by atoms with Crippen molar-refractivity contribution in [2.45, 2.75) is 6.54 Å². The van der Waals surface area contributed by atoms with E-state index in [1.807, 2.05) is 42.6 Å². The van der Waals surface area contributed by atoms with E-state index in [1.54, 1.807) is 11.8 Å². The fourth-order valence-corrected chi connectivity index (χ4v) is 3.40. The minimum absolute atomic E-state index is 0.716. The number of rotatable bonds is 5. The molecule has 2 aromatic carbocycles. The summed E-state index contributed by atoms with van der Waals surface area (Å²) in [7, 11) is 1.69. The Bertz CT molecular complexity index is 870. The highest BCUT2D eigenvalue weighted by atomic mass is 35.5. The van der Waals surface area contributed by atoms with E-state index < -0.39 is 0 Å². The lowest BCUT2D eigenvalue weighted by Crippen LogP contribution is -2.46. The maximum Gasteiger partial charge on any atom is 0.119 e. The van der Waals surface area contributed by atoms with Gasteiger partial charge in [-0.25, -0.2) is 4.68 Å². The van der Waals surface area contributed by atoms with E-state index in [1.165, 1.54) is 5.69 Å². The van der Waals surface area contributed by atoms with Crippen LogP contribution in [0.1, 0.15) is 5.69 Å². The lowest BCUT2D eigenvalue weighted by molar-refractivity contribution is 0.247. The number of methoxy groups -OCH3 is 1. The van der Waals surface area contributed by atoms with Gasteiger partial charge in [-0.3, -0.25) is 4.90 Å². The smallest absolute Gasteiger partial charge is 0.119 e. The standard InChI is InChI=1S/C20H22ClN5O/c1-27-20-8-6-18(7-9-20)25-12-10-24(11-13-25)14-17-15-26(23-22-17)19-4-2-16(21)3-5-19/h2-9,15H,10-14H2,1H3. The molecule has 1 aliphatic heterocycles. The molecule has 0 N–H and O–H groups in total. The minimum Gasteiger partial charge on any atom is -0.497 e. The van der Waals surface area contributed by atoms with Crippen molar-refractivity contribution in [3.63, 3.8) is 0 Å². The molecule has 2 heterocycles. The van der Waals surface area contributed by atoms with Crippen LogP contribution in [0.3, 0.4) is 0 Å². The van der Waals surface area contributed by atoms with E-state index in [0.717, 1.165) is 49.9 Å². The number of hydrogen-bond acceptors (Lipinski definition) is 5. The molecular weight excluding hydrogens is 362 g/mol. The Hall–Kier alpha value is -2.57. The van der Waals surface area contributed by atoms with Gasteiger partial charge in [0.2, 0.25) is 0 Å². The molecule has 0 spiro atoms. The molecule has 0 saturated carbocycles. The molecule has 0 atom stereocenters. The van der Waals surface area contributed by atoms with Crippen molar-refractivity contribution in [2.75, 3.05) is 38.2 Å². The Morgan fingerprint density at radius 3 is 2.26 bits per heavy atom. The Balaban J connectivity index is 1.33. The number of halogens is 1. The highest BCUT2D eigenvalue weighted by molar-refractivity contribution is 6.30. The molecule has 0 amide bonds. The van der Waals surface area contributed by atoms with E-state index in [9.17, 15) is 0 Å². The van der Waals surface area contributed by atoms with Crippen LogP contribution < -0.4 is 9.64 Å². The van der Waals surface area contributed by atoms with Gasteiger partial charge < -0.3 is 9.64 Å². The van der Waals surface area contributed by atoms with Crippen LogP contribution in [-0.4, -0.2) is 53.2 Å². The number of benzene rings is 2. The van der Waals surface area contributed by atoms with Gasteiger partial charge in [-0.2, -0.15) is 0 Å². The Kier molecular flexibility index (Phi) is 5.27. The second-order valence-electron chi connectivity index (χ2n) is 6.59. The summed E-state index contributed by atoms with van der Waals surface area (Å²) < 4.78 is 7.02. The van der Waals surface area contributed by atoms with Crippen LogP contribution in [0, 0.1) is 0 Å². The first-order valence-electron chi connectivity index (χ1n) is 9.00. The zero-order valence-corrected chi connectivity index (χ0v) is 16.0. The van der Waals surface area contributed by atoms with Crippen LogP contribution in [0.2, 0.25) is 5.02 Å². The average molecular weight is 384 g/mol. The molecule has 1 aromatic heterocycles. The third kappa shape index (κ3) is 4.23. The molecule has 1 fully saturated rings. The maximum absolute atomic E-state index is 5.94. The van der Waals surface area contributed by atoms with E-state index in [-0.39, 0.29) is 0 Å². The minimum atomic E-state index is 0.716. The van der Waals surface area contributed by atoms with Gasteiger partial charge in [0.15, 0.2) is 0 Å². The highest BCUT2D eigenvalue weighted by Crippen LogP contribution is 2.21. The average Bonchev–Trinajstić information content (AvgIpc) is 3.18. The van der Waals surface area contributed by atoms with Crippen molar-refractivity contribution in [3.8, 4) is 11.4 Å². The van der Waals surface area contributed by atoms with Gasteiger partial charge >= 0.3 is 0 Å². The third-order valence-electron chi connectivity index (χ3n) is 4.83. The van der Waals surface area contributed by atoms with Gasteiger partial charge in [0.1, 0.15) is 5.75 Å². The summed E-state index contributed by atoms with van der Waals surface area (Å²) >= 11 is 5.94. The normalized spacial score (nSPS) is 15.1. The van der Waals surface area contributed by atoms with Crippen LogP contribution in [0.15, 0.2) is 54.7 Å². The lowest BCUT2D eigenvalue weighted by atomic mass is 10.2.